The molecule has 0 aromatic carbocycles. The summed E-state index contributed by atoms with van der Waals surface area (Å²) in [5.41, 5.74) is 4.74. The average molecular weight is 278 g/mol. The topological polar surface area (TPSA) is 62.5 Å². The van der Waals surface area contributed by atoms with E-state index in [9.17, 15) is 4.79 Å². The van der Waals surface area contributed by atoms with E-state index >= 15 is 0 Å². The normalized spacial score (nSPS) is 16.8. The van der Waals surface area contributed by atoms with E-state index in [0.29, 0.717) is 0 Å². The van der Waals surface area contributed by atoms with E-state index in [0.717, 1.165) is 31.3 Å². The summed E-state index contributed by atoms with van der Waals surface area (Å²) in [6.07, 6.45) is 1.83. The number of amides is 1. The van der Waals surface area contributed by atoms with Gasteiger partial charge in [0.05, 0.1) is 5.54 Å². The van der Waals surface area contributed by atoms with Crippen LogP contribution in [0.2, 0.25) is 0 Å². The molecule has 1 saturated heterocycles. The van der Waals surface area contributed by atoms with E-state index in [1.54, 1.807) is 11.3 Å². The average Bonchev–Trinajstić information content (AvgIpc) is 2.91. The Morgan fingerprint density at radius 3 is 2.63 bits per heavy atom. The maximum atomic E-state index is 10.8. The van der Waals surface area contributed by atoms with Crippen molar-refractivity contribution in [3.8, 4) is 11.8 Å². The molecule has 1 aliphatic heterocycles. The molecule has 1 amide bonds. The van der Waals surface area contributed by atoms with Gasteiger partial charge in [-0.2, -0.15) is 0 Å². The van der Waals surface area contributed by atoms with Crippen molar-refractivity contribution < 1.29 is 4.79 Å². The summed E-state index contributed by atoms with van der Waals surface area (Å²) in [6.45, 7) is 7.69. The standard InChI is InChI=1S/C13H18N4OS/c1-13(2,4-3-11(14)18)17-8-6-16(7-9-17)12-15-5-10-19-12/h5,10H,6-9H2,1-2H3,(H2,14,18). The lowest BCUT2D eigenvalue weighted by atomic mass is 10.0. The predicted molar refractivity (Wildman–Crippen MR) is 76.9 cm³/mol. The van der Waals surface area contributed by atoms with E-state index < -0.39 is 5.91 Å². The van der Waals surface area contributed by atoms with Crippen LogP contribution in [0, 0.1) is 11.8 Å². The van der Waals surface area contributed by atoms with Gasteiger partial charge in [-0.1, -0.05) is 5.92 Å². The summed E-state index contributed by atoms with van der Waals surface area (Å²) in [5.74, 6) is 4.82. The molecular formula is C13H18N4OS. The van der Waals surface area contributed by atoms with Gasteiger partial charge < -0.3 is 10.6 Å². The summed E-state index contributed by atoms with van der Waals surface area (Å²) >= 11 is 1.66. The van der Waals surface area contributed by atoms with Gasteiger partial charge in [-0.25, -0.2) is 4.98 Å². The number of thiazole rings is 1. The van der Waals surface area contributed by atoms with Crippen LogP contribution in [0.3, 0.4) is 0 Å². The van der Waals surface area contributed by atoms with Crippen molar-refractivity contribution in [2.24, 2.45) is 5.73 Å². The largest absolute Gasteiger partial charge is 0.359 e. The maximum absolute atomic E-state index is 10.8. The zero-order chi connectivity index (χ0) is 13.9. The SMILES string of the molecule is CC(C)(C#CC(N)=O)N1CCN(c2nccs2)CC1. The first-order valence-electron chi connectivity index (χ1n) is 6.21. The molecule has 5 nitrogen and oxygen atoms in total. The molecule has 2 rings (SSSR count). The summed E-state index contributed by atoms with van der Waals surface area (Å²) in [7, 11) is 0. The van der Waals surface area contributed by atoms with Gasteiger partial charge in [0.1, 0.15) is 0 Å². The third-order valence-electron chi connectivity index (χ3n) is 3.25. The van der Waals surface area contributed by atoms with Crippen LogP contribution in [0.15, 0.2) is 11.6 Å². The van der Waals surface area contributed by atoms with Crippen LogP contribution in [0.5, 0.6) is 0 Å². The Kier molecular flexibility index (Phi) is 4.08. The number of carbonyl (C=O) groups is 1. The van der Waals surface area contributed by atoms with Crippen LogP contribution >= 0.6 is 11.3 Å². The van der Waals surface area contributed by atoms with Crippen molar-refractivity contribution in [2.45, 2.75) is 19.4 Å². The molecule has 0 bridgehead atoms. The number of aromatic nitrogens is 1. The highest BCUT2D eigenvalue weighted by atomic mass is 32.1. The number of primary amides is 1. The molecule has 19 heavy (non-hydrogen) atoms. The van der Waals surface area contributed by atoms with Crippen LogP contribution in [-0.4, -0.2) is 47.5 Å². The second-order valence-corrected chi connectivity index (χ2v) is 5.84. The van der Waals surface area contributed by atoms with E-state index in [2.05, 4.69) is 26.6 Å². The highest BCUT2D eigenvalue weighted by Gasteiger charge is 2.29. The zero-order valence-electron chi connectivity index (χ0n) is 11.2. The Morgan fingerprint density at radius 2 is 2.11 bits per heavy atom. The second-order valence-electron chi connectivity index (χ2n) is 4.96. The van der Waals surface area contributed by atoms with E-state index in [4.69, 9.17) is 5.73 Å². The van der Waals surface area contributed by atoms with Gasteiger partial charge in [-0.15, -0.1) is 11.3 Å². The minimum atomic E-state index is -0.575. The van der Waals surface area contributed by atoms with Gasteiger partial charge in [0, 0.05) is 37.8 Å². The molecule has 1 aromatic heterocycles. The Morgan fingerprint density at radius 1 is 1.42 bits per heavy atom. The summed E-state index contributed by atoms with van der Waals surface area (Å²) in [5, 5.41) is 3.06. The lowest BCUT2D eigenvalue weighted by Crippen LogP contribution is -2.54. The molecule has 0 radical (unpaired) electrons. The minimum Gasteiger partial charge on any atom is -0.359 e. The first kappa shape index (κ1) is 13.8. The van der Waals surface area contributed by atoms with Gasteiger partial charge in [-0.3, -0.25) is 9.69 Å². The van der Waals surface area contributed by atoms with E-state index in [1.807, 2.05) is 25.4 Å². The number of hydrogen-bond acceptors (Lipinski definition) is 5. The summed E-state index contributed by atoms with van der Waals surface area (Å²) in [4.78, 5) is 19.6. The molecule has 2 heterocycles. The van der Waals surface area contributed by atoms with Gasteiger partial charge in [-0.05, 0) is 19.8 Å². The van der Waals surface area contributed by atoms with Crippen LogP contribution in [-0.2, 0) is 4.79 Å². The fraction of sp³-hybridized carbons (Fsp3) is 0.538. The molecule has 0 saturated carbocycles. The maximum Gasteiger partial charge on any atom is 0.293 e. The quantitative estimate of drug-likeness (QED) is 0.802. The highest BCUT2D eigenvalue weighted by molar-refractivity contribution is 7.13. The van der Waals surface area contributed by atoms with Crippen molar-refractivity contribution >= 4 is 22.4 Å². The molecule has 0 spiro atoms. The Balaban J connectivity index is 1.96. The van der Waals surface area contributed by atoms with Gasteiger partial charge in [0.25, 0.3) is 5.91 Å². The van der Waals surface area contributed by atoms with Crippen molar-refractivity contribution in [1.29, 1.82) is 0 Å². The first-order valence-corrected chi connectivity index (χ1v) is 7.09. The number of anilines is 1. The highest BCUT2D eigenvalue weighted by Crippen LogP contribution is 2.22. The third-order valence-corrected chi connectivity index (χ3v) is 4.08. The Hall–Kier alpha value is -1.58. The molecule has 1 fully saturated rings. The zero-order valence-corrected chi connectivity index (χ0v) is 12.0. The minimum absolute atomic E-state index is 0.329. The number of rotatable bonds is 2. The molecule has 6 heteroatoms. The number of piperazine rings is 1. The van der Waals surface area contributed by atoms with Crippen LogP contribution in [0.4, 0.5) is 5.13 Å². The molecule has 102 valence electrons. The smallest absolute Gasteiger partial charge is 0.293 e. The molecule has 0 atom stereocenters. The van der Waals surface area contributed by atoms with Gasteiger partial charge in [0.15, 0.2) is 5.13 Å². The second kappa shape index (κ2) is 5.59. The molecular weight excluding hydrogens is 260 g/mol. The fourth-order valence-electron chi connectivity index (χ4n) is 2.12. The third kappa shape index (κ3) is 3.46. The monoisotopic (exact) mass is 278 g/mol. The summed E-state index contributed by atoms with van der Waals surface area (Å²) < 4.78 is 0. The lowest BCUT2D eigenvalue weighted by Gasteiger charge is -2.41. The van der Waals surface area contributed by atoms with Crippen LogP contribution in [0.1, 0.15) is 13.8 Å². The number of hydrogen-bond donors (Lipinski definition) is 1. The number of carbonyl (C=O) groups excluding carboxylic acids is 1. The van der Waals surface area contributed by atoms with Crippen molar-refractivity contribution in [1.82, 2.24) is 9.88 Å². The Bertz CT molecular complexity index is 492. The fourth-order valence-corrected chi connectivity index (χ4v) is 2.82. The van der Waals surface area contributed by atoms with Crippen molar-refractivity contribution in [3.63, 3.8) is 0 Å². The van der Waals surface area contributed by atoms with Crippen molar-refractivity contribution in [3.05, 3.63) is 11.6 Å². The molecule has 2 N–H and O–H groups in total. The van der Waals surface area contributed by atoms with Crippen LogP contribution in [0.25, 0.3) is 0 Å². The van der Waals surface area contributed by atoms with E-state index in [-0.39, 0.29) is 5.54 Å². The van der Waals surface area contributed by atoms with E-state index in [1.165, 1.54) is 0 Å². The summed E-state index contributed by atoms with van der Waals surface area (Å²) in [6, 6.07) is 0. The molecule has 1 aromatic rings. The molecule has 0 aliphatic carbocycles. The molecule has 1 aliphatic rings. The van der Waals surface area contributed by atoms with Crippen LogP contribution < -0.4 is 10.6 Å². The first-order chi connectivity index (χ1) is 8.99. The lowest BCUT2D eigenvalue weighted by molar-refractivity contribution is -0.112. The predicted octanol–water partition coefficient (Wildman–Crippen LogP) is 0.532. The van der Waals surface area contributed by atoms with Gasteiger partial charge >= 0.3 is 0 Å². The van der Waals surface area contributed by atoms with Crippen molar-refractivity contribution in [2.75, 3.05) is 31.1 Å². The Labute approximate surface area is 117 Å². The molecule has 0 unspecified atom stereocenters. The van der Waals surface area contributed by atoms with Gasteiger partial charge in [0.2, 0.25) is 0 Å². The number of nitrogens with two attached hydrogens (primary N) is 1. The number of nitrogens with zero attached hydrogens (tertiary/aromatic N) is 3.